The highest BCUT2D eigenvalue weighted by molar-refractivity contribution is 5.92. The molecule has 3 heterocycles. The Hall–Kier alpha value is -3.32. The molecule has 0 radical (unpaired) electrons. The monoisotopic (exact) mass is 393 g/mol. The number of aromatic nitrogens is 1. The van der Waals surface area contributed by atoms with Gasteiger partial charge in [0.15, 0.2) is 5.76 Å². The van der Waals surface area contributed by atoms with Crippen LogP contribution in [0.4, 0.5) is 0 Å². The van der Waals surface area contributed by atoms with Crippen LogP contribution >= 0.6 is 0 Å². The van der Waals surface area contributed by atoms with Crippen LogP contribution < -0.4 is 14.8 Å². The smallest absolute Gasteiger partial charge is 0.290 e. The highest BCUT2D eigenvalue weighted by atomic mass is 16.5. The van der Waals surface area contributed by atoms with E-state index in [4.69, 9.17) is 13.9 Å². The molecule has 0 saturated carbocycles. The van der Waals surface area contributed by atoms with Crippen molar-refractivity contribution in [3.05, 3.63) is 66.7 Å². The largest absolute Gasteiger partial charge is 0.497 e. The minimum atomic E-state index is -0.138. The molecule has 29 heavy (non-hydrogen) atoms. The van der Waals surface area contributed by atoms with Gasteiger partial charge in [-0.05, 0) is 36.4 Å². The van der Waals surface area contributed by atoms with Crippen molar-refractivity contribution in [3.8, 4) is 22.8 Å². The van der Waals surface area contributed by atoms with Crippen molar-refractivity contribution < 1.29 is 18.7 Å². The van der Waals surface area contributed by atoms with Gasteiger partial charge in [-0.25, -0.2) is 0 Å². The normalized spacial score (nSPS) is 16.4. The molecule has 1 atom stereocenters. The van der Waals surface area contributed by atoms with Gasteiger partial charge in [0.25, 0.3) is 5.91 Å². The van der Waals surface area contributed by atoms with Crippen LogP contribution in [-0.2, 0) is 0 Å². The number of furan rings is 1. The van der Waals surface area contributed by atoms with Gasteiger partial charge < -0.3 is 24.1 Å². The zero-order chi connectivity index (χ0) is 20.1. The number of carbonyl (C=O) groups is 1. The predicted molar refractivity (Wildman–Crippen MR) is 108 cm³/mol. The quantitative estimate of drug-likeness (QED) is 0.694. The first-order valence-corrected chi connectivity index (χ1v) is 9.53. The molecule has 1 aromatic carbocycles. The molecule has 2 aromatic heterocycles. The molecule has 4 rings (SSSR count). The third kappa shape index (κ3) is 4.41. The van der Waals surface area contributed by atoms with Crippen molar-refractivity contribution in [1.82, 2.24) is 15.2 Å². The number of rotatable bonds is 6. The van der Waals surface area contributed by atoms with Crippen molar-refractivity contribution in [1.29, 1.82) is 0 Å². The number of ether oxygens (including phenoxy) is 2. The number of hydrogen-bond acceptors (Lipinski definition) is 6. The number of pyridine rings is 1. The first-order chi connectivity index (χ1) is 14.2. The summed E-state index contributed by atoms with van der Waals surface area (Å²) in [5, 5.41) is 3.32. The predicted octanol–water partition coefficient (Wildman–Crippen LogP) is 2.84. The Labute approximate surface area is 169 Å². The number of methoxy groups -OCH3 is 1. The standard InChI is InChI=1S/C22H23N3O4/c1-27-18-5-2-4-16(12-18)20-7-8-21(29-20)22(26)25-11-10-24-13-17(25)15-28-19-6-3-9-23-14-19/h2-9,12,14,17,24H,10-11,13,15H2,1H3. The van der Waals surface area contributed by atoms with E-state index >= 15 is 0 Å². The van der Waals surface area contributed by atoms with E-state index in [2.05, 4.69) is 10.3 Å². The highest BCUT2D eigenvalue weighted by Gasteiger charge is 2.29. The molecular formula is C22H23N3O4. The Balaban J connectivity index is 1.47. The molecule has 0 spiro atoms. The Morgan fingerprint density at radius 1 is 1.24 bits per heavy atom. The molecule has 1 fully saturated rings. The molecule has 1 N–H and O–H groups in total. The number of piperazine rings is 1. The lowest BCUT2D eigenvalue weighted by atomic mass is 10.1. The molecule has 3 aromatic rings. The minimum Gasteiger partial charge on any atom is -0.497 e. The van der Waals surface area contributed by atoms with E-state index in [1.807, 2.05) is 42.5 Å². The molecule has 1 aliphatic heterocycles. The van der Waals surface area contributed by atoms with Gasteiger partial charge in [-0.1, -0.05) is 12.1 Å². The molecule has 1 amide bonds. The van der Waals surface area contributed by atoms with Crippen LogP contribution in [0.25, 0.3) is 11.3 Å². The molecule has 1 unspecified atom stereocenters. The van der Waals surface area contributed by atoms with Crippen LogP contribution in [-0.4, -0.2) is 55.2 Å². The lowest BCUT2D eigenvalue weighted by Gasteiger charge is -2.35. The molecule has 0 aliphatic carbocycles. The fourth-order valence-electron chi connectivity index (χ4n) is 3.33. The summed E-state index contributed by atoms with van der Waals surface area (Å²) in [6.07, 6.45) is 3.36. The molecule has 1 saturated heterocycles. The Morgan fingerprint density at radius 3 is 2.97 bits per heavy atom. The van der Waals surface area contributed by atoms with E-state index < -0.39 is 0 Å². The average molecular weight is 393 g/mol. The summed E-state index contributed by atoms with van der Waals surface area (Å²) in [4.78, 5) is 19.0. The van der Waals surface area contributed by atoms with E-state index in [0.29, 0.717) is 37.0 Å². The first kappa shape index (κ1) is 19.0. The Kier molecular flexibility index (Phi) is 5.76. The van der Waals surface area contributed by atoms with Crippen LogP contribution in [0.5, 0.6) is 11.5 Å². The third-order valence-electron chi connectivity index (χ3n) is 4.86. The summed E-state index contributed by atoms with van der Waals surface area (Å²) in [5.74, 6) is 2.23. The number of amides is 1. The second kappa shape index (κ2) is 8.79. The van der Waals surface area contributed by atoms with Gasteiger partial charge in [0.2, 0.25) is 0 Å². The SMILES string of the molecule is COc1cccc(-c2ccc(C(=O)N3CCNCC3COc3cccnc3)o2)c1. The van der Waals surface area contributed by atoms with Crippen LogP contribution in [0.3, 0.4) is 0 Å². The van der Waals surface area contributed by atoms with E-state index in [1.54, 1.807) is 30.5 Å². The van der Waals surface area contributed by atoms with Gasteiger partial charge >= 0.3 is 0 Å². The lowest BCUT2D eigenvalue weighted by Crippen LogP contribution is -2.55. The van der Waals surface area contributed by atoms with Gasteiger partial charge in [0.05, 0.1) is 19.3 Å². The summed E-state index contributed by atoms with van der Waals surface area (Å²) >= 11 is 0. The molecule has 0 bridgehead atoms. The van der Waals surface area contributed by atoms with E-state index in [1.165, 1.54) is 0 Å². The maximum atomic E-state index is 13.1. The summed E-state index contributed by atoms with van der Waals surface area (Å²) in [7, 11) is 1.62. The van der Waals surface area contributed by atoms with E-state index in [-0.39, 0.29) is 11.9 Å². The second-order valence-corrected chi connectivity index (χ2v) is 6.75. The highest BCUT2D eigenvalue weighted by Crippen LogP contribution is 2.26. The summed E-state index contributed by atoms with van der Waals surface area (Å²) < 4.78 is 17.0. The number of nitrogens with one attached hydrogen (secondary N) is 1. The second-order valence-electron chi connectivity index (χ2n) is 6.75. The van der Waals surface area contributed by atoms with Crippen LogP contribution in [0.1, 0.15) is 10.6 Å². The number of hydrogen-bond donors (Lipinski definition) is 1. The lowest BCUT2D eigenvalue weighted by molar-refractivity contribution is 0.0529. The molecule has 7 nitrogen and oxygen atoms in total. The Morgan fingerprint density at radius 2 is 2.14 bits per heavy atom. The summed E-state index contributed by atoms with van der Waals surface area (Å²) in [6.45, 7) is 2.37. The fraction of sp³-hybridized carbons (Fsp3) is 0.273. The number of nitrogens with zero attached hydrogens (tertiary/aromatic N) is 2. The topological polar surface area (TPSA) is 76.8 Å². The van der Waals surface area contributed by atoms with Crippen LogP contribution in [0, 0.1) is 0 Å². The number of carbonyl (C=O) groups excluding carboxylic acids is 1. The van der Waals surface area contributed by atoms with Crippen LogP contribution in [0.15, 0.2) is 65.3 Å². The van der Waals surface area contributed by atoms with E-state index in [0.717, 1.165) is 17.9 Å². The zero-order valence-corrected chi connectivity index (χ0v) is 16.2. The molecule has 7 heteroatoms. The fourth-order valence-corrected chi connectivity index (χ4v) is 3.33. The molecular weight excluding hydrogens is 370 g/mol. The van der Waals surface area contributed by atoms with Crippen molar-refractivity contribution >= 4 is 5.91 Å². The van der Waals surface area contributed by atoms with E-state index in [9.17, 15) is 4.79 Å². The molecule has 150 valence electrons. The number of benzene rings is 1. The maximum absolute atomic E-state index is 13.1. The van der Waals surface area contributed by atoms with Gasteiger partial charge in [0, 0.05) is 31.4 Å². The van der Waals surface area contributed by atoms with Gasteiger partial charge in [0.1, 0.15) is 23.9 Å². The van der Waals surface area contributed by atoms with Crippen molar-refractivity contribution in [2.75, 3.05) is 33.4 Å². The van der Waals surface area contributed by atoms with Crippen molar-refractivity contribution in [3.63, 3.8) is 0 Å². The summed E-state index contributed by atoms with van der Waals surface area (Å²) in [5.41, 5.74) is 0.861. The van der Waals surface area contributed by atoms with Crippen molar-refractivity contribution in [2.45, 2.75) is 6.04 Å². The third-order valence-corrected chi connectivity index (χ3v) is 4.86. The maximum Gasteiger partial charge on any atom is 0.290 e. The van der Waals surface area contributed by atoms with Gasteiger partial charge in [-0.15, -0.1) is 0 Å². The van der Waals surface area contributed by atoms with Crippen LogP contribution in [0.2, 0.25) is 0 Å². The van der Waals surface area contributed by atoms with Crippen molar-refractivity contribution in [2.24, 2.45) is 0 Å². The summed E-state index contributed by atoms with van der Waals surface area (Å²) in [6, 6.07) is 14.7. The Bertz CT molecular complexity index is 957. The zero-order valence-electron chi connectivity index (χ0n) is 16.2. The average Bonchev–Trinajstić information content (AvgIpc) is 3.28. The minimum absolute atomic E-state index is 0.0955. The van der Waals surface area contributed by atoms with Gasteiger partial charge in [-0.3, -0.25) is 9.78 Å². The van der Waals surface area contributed by atoms with Gasteiger partial charge in [-0.2, -0.15) is 0 Å². The molecule has 1 aliphatic rings. The first-order valence-electron chi connectivity index (χ1n) is 9.53.